The van der Waals surface area contributed by atoms with Gasteiger partial charge >= 0.3 is 0 Å². The van der Waals surface area contributed by atoms with Gasteiger partial charge in [0.25, 0.3) is 0 Å². The van der Waals surface area contributed by atoms with Crippen LogP contribution in [0.25, 0.3) is 0 Å². The zero-order valence-corrected chi connectivity index (χ0v) is 11.9. The molecule has 3 unspecified atom stereocenters. The average Bonchev–Trinajstić information content (AvgIpc) is 3.01. The maximum atomic E-state index is 6.26. The molecule has 88 valence electrons. The average molecular weight is 322 g/mol. The van der Waals surface area contributed by atoms with Crippen LogP contribution >= 0.6 is 22.6 Å². The fraction of sp³-hybridized carbons (Fsp3) is 1.00. The summed E-state index contributed by atoms with van der Waals surface area (Å²) < 4.78 is 7.01. The summed E-state index contributed by atoms with van der Waals surface area (Å²) in [5, 5.41) is 0. The van der Waals surface area contributed by atoms with Crippen LogP contribution in [0.1, 0.15) is 58.3 Å². The smallest absolute Gasteiger partial charge is 0.0696 e. The minimum Gasteiger partial charge on any atom is -0.374 e. The molecule has 0 aliphatic heterocycles. The van der Waals surface area contributed by atoms with Gasteiger partial charge in [-0.15, -0.1) is 0 Å². The van der Waals surface area contributed by atoms with Crippen molar-refractivity contribution < 1.29 is 4.74 Å². The Morgan fingerprint density at radius 3 is 2.33 bits per heavy atom. The van der Waals surface area contributed by atoms with E-state index in [-0.39, 0.29) is 0 Å². The van der Waals surface area contributed by atoms with E-state index in [2.05, 4.69) is 29.5 Å². The van der Waals surface area contributed by atoms with Crippen LogP contribution in [0.5, 0.6) is 0 Å². The van der Waals surface area contributed by atoms with Gasteiger partial charge in [0.05, 0.1) is 12.2 Å². The number of alkyl halides is 1. The van der Waals surface area contributed by atoms with Gasteiger partial charge in [-0.25, -0.2) is 0 Å². The molecular formula is C13H23IO. The molecule has 1 nitrogen and oxygen atoms in total. The van der Waals surface area contributed by atoms with E-state index in [9.17, 15) is 0 Å². The van der Waals surface area contributed by atoms with Crippen molar-refractivity contribution in [3.8, 4) is 0 Å². The molecule has 2 aliphatic rings. The number of hydrogen-bond acceptors (Lipinski definition) is 1. The Kier molecular flexibility index (Phi) is 4.74. The predicted molar refractivity (Wildman–Crippen MR) is 72.6 cm³/mol. The van der Waals surface area contributed by atoms with Crippen molar-refractivity contribution >= 4 is 22.6 Å². The van der Waals surface area contributed by atoms with Crippen molar-refractivity contribution in [1.82, 2.24) is 0 Å². The van der Waals surface area contributed by atoms with E-state index < -0.39 is 0 Å². The molecule has 0 N–H and O–H groups in total. The molecule has 2 aliphatic carbocycles. The minimum atomic E-state index is 0.520. The fourth-order valence-corrected chi connectivity index (χ4v) is 3.48. The SMILES string of the molecule is CC(OC1CCCCCCC1I)C1CC1. The van der Waals surface area contributed by atoms with Crippen LogP contribution in [-0.4, -0.2) is 16.1 Å². The predicted octanol–water partition coefficient (Wildman–Crippen LogP) is 4.33. The first-order valence-electron chi connectivity index (χ1n) is 6.57. The molecule has 0 aromatic carbocycles. The number of rotatable bonds is 3. The van der Waals surface area contributed by atoms with Crippen molar-refractivity contribution in [1.29, 1.82) is 0 Å². The van der Waals surface area contributed by atoms with E-state index in [0.29, 0.717) is 12.2 Å². The van der Waals surface area contributed by atoms with Crippen molar-refractivity contribution in [3.05, 3.63) is 0 Å². The molecule has 0 amide bonds. The summed E-state index contributed by atoms with van der Waals surface area (Å²) in [6.07, 6.45) is 12.2. The summed E-state index contributed by atoms with van der Waals surface area (Å²) in [6, 6.07) is 0. The van der Waals surface area contributed by atoms with E-state index in [1.165, 1.54) is 51.4 Å². The van der Waals surface area contributed by atoms with E-state index >= 15 is 0 Å². The van der Waals surface area contributed by atoms with E-state index in [1.807, 2.05) is 0 Å². The standard InChI is InChI=1S/C13H23IO/c1-10(11-8-9-11)15-13-7-5-3-2-4-6-12(13)14/h10-13H,2-9H2,1H3. The fourth-order valence-electron chi connectivity index (χ4n) is 2.51. The summed E-state index contributed by atoms with van der Waals surface area (Å²) in [5.41, 5.74) is 0. The summed E-state index contributed by atoms with van der Waals surface area (Å²) in [6.45, 7) is 2.28. The van der Waals surface area contributed by atoms with Crippen LogP contribution < -0.4 is 0 Å². The molecule has 0 radical (unpaired) electrons. The van der Waals surface area contributed by atoms with Crippen LogP contribution in [0.4, 0.5) is 0 Å². The van der Waals surface area contributed by atoms with Gasteiger partial charge in [0.15, 0.2) is 0 Å². The molecule has 0 spiro atoms. The topological polar surface area (TPSA) is 9.23 Å². The Labute approximate surface area is 107 Å². The third-order valence-electron chi connectivity index (χ3n) is 3.80. The molecule has 0 aromatic heterocycles. The number of ether oxygens (including phenoxy) is 1. The van der Waals surface area contributed by atoms with Crippen LogP contribution in [0.15, 0.2) is 0 Å². The molecule has 3 atom stereocenters. The molecule has 0 heterocycles. The third-order valence-corrected chi connectivity index (χ3v) is 5.22. The Morgan fingerprint density at radius 2 is 1.67 bits per heavy atom. The lowest BCUT2D eigenvalue weighted by Gasteiger charge is -2.28. The molecule has 2 fully saturated rings. The monoisotopic (exact) mass is 322 g/mol. The molecule has 0 aromatic rings. The van der Waals surface area contributed by atoms with Crippen molar-refractivity contribution in [2.75, 3.05) is 0 Å². The zero-order chi connectivity index (χ0) is 10.7. The molecule has 0 saturated heterocycles. The lowest BCUT2D eigenvalue weighted by Crippen LogP contribution is -2.30. The Morgan fingerprint density at radius 1 is 1.00 bits per heavy atom. The summed E-state index contributed by atoms with van der Waals surface area (Å²) in [7, 11) is 0. The third kappa shape index (κ3) is 3.88. The van der Waals surface area contributed by atoms with Crippen LogP contribution in [0, 0.1) is 5.92 Å². The number of halogens is 1. The highest BCUT2D eigenvalue weighted by Gasteiger charge is 2.32. The molecular weight excluding hydrogens is 299 g/mol. The second-order valence-electron chi connectivity index (χ2n) is 5.22. The Hall–Kier alpha value is 0.690. The van der Waals surface area contributed by atoms with Crippen molar-refractivity contribution in [2.45, 2.75) is 74.4 Å². The van der Waals surface area contributed by atoms with Gasteiger partial charge in [0.2, 0.25) is 0 Å². The van der Waals surface area contributed by atoms with Gasteiger partial charge < -0.3 is 4.74 Å². The van der Waals surface area contributed by atoms with Gasteiger partial charge in [-0.1, -0.05) is 48.3 Å². The van der Waals surface area contributed by atoms with Gasteiger partial charge in [-0.05, 0) is 38.5 Å². The summed E-state index contributed by atoms with van der Waals surface area (Å²) in [5.74, 6) is 0.888. The maximum Gasteiger partial charge on any atom is 0.0696 e. The first-order valence-corrected chi connectivity index (χ1v) is 7.81. The quantitative estimate of drug-likeness (QED) is 0.555. The van der Waals surface area contributed by atoms with Gasteiger partial charge in [-0.3, -0.25) is 0 Å². The minimum absolute atomic E-state index is 0.520. The van der Waals surface area contributed by atoms with Crippen LogP contribution in [-0.2, 0) is 4.74 Å². The van der Waals surface area contributed by atoms with Crippen molar-refractivity contribution in [3.63, 3.8) is 0 Å². The summed E-state index contributed by atoms with van der Waals surface area (Å²) >= 11 is 2.61. The number of hydrogen-bond donors (Lipinski definition) is 0. The van der Waals surface area contributed by atoms with Crippen LogP contribution in [0.3, 0.4) is 0 Å². The lowest BCUT2D eigenvalue weighted by atomic mass is 9.98. The maximum absolute atomic E-state index is 6.26. The summed E-state index contributed by atoms with van der Waals surface area (Å²) in [4.78, 5) is 0. The first-order chi connectivity index (χ1) is 7.27. The molecule has 2 rings (SSSR count). The van der Waals surface area contributed by atoms with Gasteiger partial charge in [0, 0.05) is 3.92 Å². The highest BCUT2D eigenvalue weighted by Crippen LogP contribution is 2.36. The highest BCUT2D eigenvalue weighted by atomic mass is 127. The Bertz CT molecular complexity index is 191. The normalized spacial score (nSPS) is 35.6. The Balaban J connectivity index is 1.80. The lowest BCUT2D eigenvalue weighted by molar-refractivity contribution is -0.0197. The second kappa shape index (κ2) is 5.85. The van der Waals surface area contributed by atoms with E-state index in [0.717, 1.165) is 9.84 Å². The largest absolute Gasteiger partial charge is 0.374 e. The molecule has 0 bridgehead atoms. The van der Waals surface area contributed by atoms with Crippen LogP contribution in [0.2, 0.25) is 0 Å². The zero-order valence-electron chi connectivity index (χ0n) is 9.75. The molecule has 15 heavy (non-hydrogen) atoms. The van der Waals surface area contributed by atoms with Crippen molar-refractivity contribution in [2.24, 2.45) is 5.92 Å². The van der Waals surface area contributed by atoms with E-state index in [4.69, 9.17) is 4.74 Å². The highest BCUT2D eigenvalue weighted by molar-refractivity contribution is 14.1. The van der Waals surface area contributed by atoms with E-state index in [1.54, 1.807) is 0 Å². The van der Waals surface area contributed by atoms with Gasteiger partial charge in [0.1, 0.15) is 0 Å². The first kappa shape index (κ1) is 12.2. The van der Waals surface area contributed by atoms with Gasteiger partial charge in [-0.2, -0.15) is 0 Å². The second-order valence-corrected chi connectivity index (χ2v) is 6.82. The molecule has 2 heteroatoms. The molecule has 2 saturated carbocycles.